The number of ether oxygens (including phenoxy) is 2. The molecule has 34 heavy (non-hydrogen) atoms. The number of fused-ring (bicyclic) bond motifs is 1. The van der Waals surface area contributed by atoms with Crippen molar-refractivity contribution in [1.29, 1.82) is 0 Å². The van der Waals surface area contributed by atoms with Crippen molar-refractivity contribution < 1.29 is 19.1 Å². The molecule has 5 rings (SSSR count). The van der Waals surface area contributed by atoms with Crippen molar-refractivity contribution in [1.82, 2.24) is 0 Å². The SMILES string of the molecule is COc1cc(OC)cc(N2C(=O)C(c3ccc(C)cc3C)=C(N3CCc4ccccc43)C2=O)c1. The number of para-hydroxylation sites is 1. The van der Waals surface area contributed by atoms with Crippen LogP contribution in [0.25, 0.3) is 5.57 Å². The van der Waals surface area contributed by atoms with Crippen LogP contribution in [0.15, 0.2) is 66.4 Å². The molecule has 0 aliphatic carbocycles. The average Bonchev–Trinajstić information content (AvgIpc) is 3.36. The van der Waals surface area contributed by atoms with E-state index in [1.807, 2.05) is 55.1 Å². The summed E-state index contributed by atoms with van der Waals surface area (Å²) in [5.74, 6) is 0.296. The first-order valence-corrected chi connectivity index (χ1v) is 11.2. The molecule has 0 spiro atoms. The second kappa shape index (κ2) is 8.37. The highest BCUT2D eigenvalue weighted by Crippen LogP contribution is 2.42. The Morgan fingerprint density at radius 2 is 1.53 bits per heavy atom. The molecule has 2 aliphatic rings. The number of rotatable bonds is 5. The lowest BCUT2D eigenvalue weighted by molar-refractivity contribution is -0.120. The highest BCUT2D eigenvalue weighted by molar-refractivity contribution is 6.46. The number of methoxy groups -OCH3 is 2. The summed E-state index contributed by atoms with van der Waals surface area (Å²) >= 11 is 0. The number of carbonyl (C=O) groups excluding carboxylic acids is 2. The van der Waals surface area contributed by atoms with Gasteiger partial charge in [0.2, 0.25) is 0 Å². The summed E-state index contributed by atoms with van der Waals surface area (Å²) in [4.78, 5) is 31.2. The Bertz CT molecular complexity index is 1340. The minimum atomic E-state index is -0.355. The molecule has 0 unspecified atom stereocenters. The zero-order valence-corrected chi connectivity index (χ0v) is 19.7. The van der Waals surface area contributed by atoms with Gasteiger partial charge in [0.25, 0.3) is 11.8 Å². The third-order valence-corrected chi connectivity index (χ3v) is 6.46. The molecule has 2 amide bonds. The third-order valence-electron chi connectivity index (χ3n) is 6.46. The van der Waals surface area contributed by atoms with Gasteiger partial charge in [0.15, 0.2) is 0 Å². The molecule has 0 saturated carbocycles. The molecule has 0 N–H and O–H groups in total. The summed E-state index contributed by atoms with van der Waals surface area (Å²) in [6, 6.07) is 19.0. The first-order chi connectivity index (χ1) is 16.4. The molecule has 0 saturated heterocycles. The lowest BCUT2D eigenvalue weighted by Gasteiger charge is -2.22. The van der Waals surface area contributed by atoms with E-state index in [4.69, 9.17) is 9.47 Å². The molecule has 0 fully saturated rings. The predicted octanol–water partition coefficient (Wildman–Crippen LogP) is 4.67. The Morgan fingerprint density at radius 3 is 2.21 bits per heavy atom. The summed E-state index contributed by atoms with van der Waals surface area (Å²) in [6.45, 7) is 4.62. The van der Waals surface area contributed by atoms with Crippen LogP contribution in [0.5, 0.6) is 11.5 Å². The van der Waals surface area contributed by atoms with E-state index in [1.54, 1.807) is 18.2 Å². The van der Waals surface area contributed by atoms with Gasteiger partial charge in [-0.3, -0.25) is 9.59 Å². The van der Waals surface area contributed by atoms with Gasteiger partial charge in [0.05, 0.1) is 25.5 Å². The van der Waals surface area contributed by atoms with Crippen LogP contribution in [0.1, 0.15) is 22.3 Å². The Labute approximate surface area is 199 Å². The van der Waals surface area contributed by atoms with Crippen molar-refractivity contribution in [2.75, 3.05) is 30.6 Å². The summed E-state index contributed by atoms with van der Waals surface area (Å²) in [7, 11) is 3.08. The standard InChI is InChI=1S/C28H26N2O4/c1-17-9-10-23(18(2)13-17)25-26(29-12-11-19-7-5-6-8-24(19)29)28(32)30(27(25)31)20-14-21(33-3)16-22(15-20)34-4/h5-10,13-16H,11-12H2,1-4H3. The normalized spacial score (nSPS) is 15.3. The van der Waals surface area contributed by atoms with Crippen LogP contribution < -0.4 is 19.3 Å². The number of benzene rings is 3. The van der Waals surface area contributed by atoms with Crippen molar-refractivity contribution in [3.8, 4) is 11.5 Å². The van der Waals surface area contributed by atoms with Crippen LogP contribution in [0.3, 0.4) is 0 Å². The molecule has 0 bridgehead atoms. The molecule has 3 aromatic rings. The Kier molecular flexibility index (Phi) is 5.36. The van der Waals surface area contributed by atoms with Gasteiger partial charge >= 0.3 is 0 Å². The second-order valence-corrected chi connectivity index (χ2v) is 8.59. The van der Waals surface area contributed by atoms with Crippen LogP contribution in [-0.2, 0) is 16.0 Å². The molecule has 6 heteroatoms. The van der Waals surface area contributed by atoms with Crippen LogP contribution in [-0.4, -0.2) is 32.6 Å². The fraction of sp³-hybridized carbons (Fsp3) is 0.214. The molecule has 172 valence electrons. The molecule has 6 nitrogen and oxygen atoms in total. The third kappa shape index (κ3) is 3.43. The predicted molar refractivity (Wildman–Crippen MR) is 132 cm³/mol. The van der Waals surface area contributed by atoms with Gasteiger partial charge in [0, 0.05) is 30.4 Å². The first kappa shape index (κ1) is 21.8. The lowest BCUT2D eigenvalue weighted by atomic mass is 9.97. The maximum atomic E-state index is 14.0. The molecule has 0 aromatic heterocycles. The van der Waals surface area contributed by atoms with Gasteiger partial charge in [-0.05, 0) is 43.0 Å². The van der Waals surface area contributed by atoms with Crippen molar-refractivity contribution >= 4 is 28.8 Å². The summed E-state index contributed by atoms with van der Waals surface area (Å²) < 4.78 is 10.8. The van der Waals surface area contributed by atoms with Gasteiger partial charge < -0.3 is 14.4 Å². The van der Waals surface area contributed by atoms with Gasteiger partial charge in [-0.25, -0.2) is 4.90 Å². The number of imide groups is 1. The fourth-order valence-electron chi connectivity index (χ4n) is 4.83. The average molecular weight is 455 g/mol. The van der Waals surface area contributed by atoms with Crippen LogP contribution in [0, 0.1) is 13.8 Å². The number of hydrogen-bond donors (Lipinski definition) is 0. The number of carbonyl (C=O) groups is 2. The number of aryl methyl sites for hydroxylation is 2. The zero-order valence-electron chi connectivity index (χ0n) is 19.7. The van der Waals surface area contributed by atoms with Gasteiger partial charge in [-0.2, -0.15) is 0 Å². The molecule has 0 atom stereocenters. The zero-order chi connectivity index (χ0) is 24.0. The second-order valence-electron chi connectivity index (χ2n) is 8.59. The van der Waals surface area contributed by atoms with E-state index < -0.39 is 0 Å². The molecule has 2 aliphatic heterocycles. The number of nitrogens with zero attached hydrogens (tertiary/aromatic N) is 2. The van der Waals surface area contributed by atoms with Crippen molar-refractivity contribution in [3.63, 3.8) is 0 Å². The molecule has 2 heterocycles. The van der Waals surface area contributed by atoms with Gasteiger partial charge in [-0.1, -0.05) is 42.0 Å². The monoisotopic (exact) mass is 454 g/mol. The van der Waals surface area contributed by atoms with E-state index in [1.165, 1.54) is 19.1 Å². The van der Waals surface area contributed by atoms with E-state index in [9.17, 15) is 9.59 Å². The Hall–Kier alpha value is -4.06. The molecular weight excluding hydrogens is 428 g/mol. The van der Waals surface area contributed by atoms with E-state index >= 15 is 0 Å². The molecular formula is C28H26N2O4. The smallest absolute Gasteiger partial charge is 0.282 e. The highest BCUT2D eigenvalue weighted by Gasteiger charge is 2.44. The van der Waals surface area contributed by atoms with E-state index in [0.717, 1.165) is 34.4 Å². The number of hydrogen-bond acceptors (Lipinski definition) is 5. The molecule has 3 aromatic carbocycles. The Balaban J connectivity index is 1.71. The summed E-state index contributed by atoms with van der Waals surface area (Å²) in [5, 5.41) is 0. The summed E-state index contributed by atoms with van der Waals surface area (Å²) in [6.07, 6.45) is 0.814. The van der Waals surface area contributed by atoms with E-state index in [2.05, 4.69) is 6.07 Å². The summed E-state index contributed by atoms with van der Waals surface area (Å²) in [5.41, 5.74) is 6.18. The quantitative estimate of drug-likeness (QED) is 0.525. The molecule has 0 radical (unpaired) electrons. The maximum Gasteiger partial charge on any atom is 0.282 e. The maximum absolute atomic E-state index is 14.0. The van der Waals surface area contributed by atoms with Crippen molar-refractivity contribution in [2.24, 2.45) is 0 Å². The fourth-order valence-corrected chi connectivity index (χ4v) is 4.83. The van der Waals surface area contributed by atoms with Crippen LogP contribution in [0.4, 0.5) is 11.4 Å². The largest absolute Gasteiger partial charge is 0.497 e. The van der Waals surface area contributed by atoms with Crippen LogP contribution >= 0.6 is 0 Å². The van der Waals surface area contributed by atoms with Gasteiger partial charge in [0.1, 0.15) is 17.2 Å². The van der Waals surface area contributed by atoms with Crippen LogP contribution in [0.2, 0.25) is 0 Å². The number of anilines is 2. The minimum absolute atomic E-state index is 0.355. The van der Waals surface area contributed by atoms with E-state index in [-0.39, 0.29) is 11.8 Å². The van der Waals surface area contributed by atoms with Gasteiger partial charge in [-0.15, -0.1) is 0 Å². The lowest BCUT2D eigenvalue weighted by Crippen LogP contribution is -2.34. The first-order valence-electron chi connectivity index (χ1n) is 11.2. The van der Waals surface area contributed by atoms with E-state index in [0.29, 0.717) is 35.0 Å². The number of amides is 2. The topological polar surface area (TPSA) is 59.1 Å². The minimum Gasteiger partial charge on any atom is -0.497 e. The van der Waals surface area contributed by atoms with Crippen molar-refractivity contribution in [3.05, 3.63) is 88.6 Å². The Morgan fingerprint density at radius 1 is 0.824 bits per heavy atom. The van der Waals surface area contributed by atoms with Crippen molar-refractivity contribution in [2.45, 2.75) is 20.3 Å². The highest BCUT2D eigenvalue weighted by atomic mass is 16.5.